The molecule has 4 nitrogen and oxygen atoms in total. The van der Waals surface area contributed by atoms with E-state index in [0.717, 1.165) is 36.8 Å². The highest BCUT2D eigenvalue weighted by Gasteiger charge is 2.40. The molecule has 4 heteroatoms. The molecule has 1 saturated heterocycles. The molecule has 0 spiro atoms. The number of pyridine rings is 1. The molecule has 1 N–H and O–H groups in total. The van der Waals surface area contributed by atoms with Crippen molar-refractivity contribution in [3.63, 3.8) is 0 Å². The molecule has 3 rings (SSSR count). The molecule has 2 aliphatic rings. The van der Waals surface area contributed by atoms with Crippen molar-refractivity contribution >= 4 is 11.7 Å². The summed E-state index contributed by atoms with van der Waals surface area (Å²) in [5, 5.41) is 3.22. The van der Waals surface area contributed by atoms with E-state index in [1.54, 1.807) is 6.20 Å². The molecule has 2 atom stereocenters. The van der Waals surface area contributed by atoms with E-state index in [-0.39, 0.29) is 5.91 Å². The predicted molar refractivity (Wildman–Crippen MR) is 75.2 cm³/mol. The number of nitrogens with zero attached hydrogens (tertiary/aromatic N) is 2. The molecule has 1 saturated carbocycles. The van der Waals surface area contributed by atoms with Gasteiger partial charge in [0.05, 0.1) is 5.56 Å². The molecule has 0 aromatic carbocycles. The van der Waals surface area contributed by atoms with Crippen molar-refractivity contribution in [2.45, 2.75) is 38.6 Å². The maximum atomic E-state index is 12.4. The minimum absolute atomic E-state index is 0.154. The number of carbonyl (C=O) groups excluding carboxylic acids is 1. The fourth-order valence-electron chi connectivity index (χ4n) is 3.22. The van der Waals surface area contributed by atoms with Crippen LogP contribution in [-0.4, -0.2) is 34.9 Å². The monoisotopic (exact) mass is 259 g/mol. The standard InChI is InChI=1S/C15H21N3O/c1-2-7-16-14-6-4-12(9-17-14)15(19)18-10-11-3-5-13(18)8-11/h4,6,9,11,13H,2-3,5,7-8,10H2,1H3,(H,16,17). The van der Waals surface area contributed by atoms with Gasteiger partial charge in [0.15, 0.2) is 0 Å². The SMILES string of the molecule is CCCNc1ccc(C(=O)N2CC3CCC2C3)cn1. The molecule has 0 radical (unpaired) electrons. The number of likely N-dealkylation sites (tertiary alicyclic amines) is 1. The molecule has 1 aliphatic carbocycles. The zero-order chi connectivity index (χ0) is 13.2. The summed E-state index contributed by atoms with van der Waals surface area (Å²) in [6.07, 6.45) is 6.45. The molecule has 1 amide bonds. The Kier molecular flexibility index (Phi) is 3.40. The van der Waals surface area contributed by atoms with Crippen molar-refractivity contribution in [3.05, 3.63) is 23.9 Å². The van der Waals surface area contributed by atoms with Crippen LogP contribution in [0.2, 0.25) is 0 Å². The number of nitrogens with one attached hydrogen (secondary N) is 1. The van der Waals surface area contributed by atoms with E-state index in [0.29, 0.717) is 6.04 Å². The first-order valence-electron chi connectivity index (χ1n) is 7.29. The molecule has 1 aromatic rings. The van der Waals surface area contributed by atoms with Crippen LogP contribution < -0.4 is 5.32 Å². The molecule has 1 aromatic heterocycles. The number of hydrogen-bond acceptors (Lipinski definition) is 3. The van der Waals surface area contributed by atoms with Gasteiger partial charge >= 0.3 is 0 Å². The average Bonchev–Trinajstić information content (AvgIpc) is 3.07. The molecule has 2 fully saturated rings. The summed E-state index contributed by atoms with van der Waals surface area (Å²) in [6, 6.07) is 4.27. The largest absolute Gasteiger partial charge is 0.370 e. The fraction of sp³-hybridized carbons (Fsp3) is 0.600. The Balaban J connectivity index is 1.67. The predicted octanol–water partition coefficient (Wildman–Crippen LogP) is 2.53. The lowest BCUT2D eigenvalue weighted by molar-refractivity contribution is 0.0703. The first-order valence-corrected chi connectivity index (χ1v) is 7.29. The van der Waals surface area contributed by atoms with Gasteiger partial charge < -0.3 is 10.2 Å². The van der Waals surface area contributed by atoms with E-state index in [1.165, 1.54) is 19.3 Å². The van der Waals surface area contributed by atoms with E-state index in [1.807, 2.05) is 17.0 Å². The molecular formula is C15H21N3O. The van der Waals surface area contributed by atoms with E-state index in [2.05, 4.69) is 17.2 Å². The second-order valence-electron chi connectivity index (χ2n) is 5.65. The summed E-state index contributed by atoms with van der Waals surface area (Å²) < 4.78 is 0. The first-order chi connectivity index (χ1) is 9.28. The Morgan fingerprint density at radius 1 is 1.47 bits per heavy atom. The highest BCUT2D eigenvalue weighted by atomic mass is 16.2. The molecule has 2 heterocycles. The average molecular weight is 259 g/mol. The van der Waals surface area contributed by atoms with Gasteiger partial charge in [0.25, 0.3) is 5.91 Å². The van der Waals surface area contributed by atoms with Crippen molar-refractivity contribution in [2.24, 2.45) is 5.92 Å². The van der Waals surface area contributed by atoms with Crippen LogP contribution in [0.3, 0.4) is 0 Å². The number of anilines is 1. The summed E-state index contributed by atoms with van der Waals surface area (Å²) in [6.45, 7) is 3.98. The van der Waals surface area contributed by atoms with Crippen LogP contribution in [-0.2, 0) is 0 Å². The van der Waals surface area contributed by atoms with Gasteiger partial charge in [-0.1, -0.05) is 6.92 Å². The Labute approximate surface area is 114 Å². The number of rotatable bonds is 4. The molecular weight excluding hydrogens is 238 g/mol. The number of aromatic nitrogens is 1. The Bertz CT molecular complexity index is 457. The lowest BCUT2D eigenvalue weighted by Crippen LogP contribution is -2.37. The molecule has 2 unspecified atom stereocenters. The van der Waals surface area contributed by atoms with E-state index >= 15 is 0 Å². The molecule has 102 valence electrons. The van der Waals surface area contributed by atoms with Gasteiger partial charge in [-0.2, -0.15) is 0 Å². The second kappa shape index (κ2) is 5.19. The van der Waals surface area contributed by atoms with Crippen LogP contribution in [0.4, 0.5) is 5.82 Å². The Hall–Kier alpha value is -1.58. The number of hydrogen-bond donors (Lipinski definition) is 1. The summed E-state index contributed by atoms with van der Waals surface area (Å²) in [5.41, 5.74) is 0.717. The smallest absolute Gasteiger partial charge is 0.255 e. The van der Waals surface area contributed by atoms with Crippen molar-refractivity contribution in [1.29, 1.82) is 0 Å². The van der Waals surface area contributed by atoms with Crippen LogP contribution in [0.1, 0.15) is 43.0 Å². The number of piperidine rings is 1. The van der Waals surface area contributed by atoms with Crippen LogP contribution in [0.25, 0.3) is 0 Å². The molecule has 1 aliphatic heterocycles. The van der Waals surface area contributed by atoms with Crippen molar-refractivity contribution in [2.75, 3.05) is 18.4 Å². The Morgan fingerprint density at radius 2 is 2.37 bits per heavy atom. The fourth-order valence-corrected chi connectivity index (χ4v) is 3.22. The minimum atomic E-state index is 0.154. The van der Waals surface area contributed by atoms with Gasteiger partial charge in [-0.15, -0.1) is 0 Å². The van der Waals surface area contributed by atoms with E-state index < -0.39 is 0 Å². The summed E-state index contributed by atoms with van der Waals surface area (Å²) >= 11 is 0. The summed E-state index contributed by atoms with van der Waals surface area (Å²) in [4.78, 5) is 18.8. The van der Waals surface area contributed by atoms with E-state index in [9.17, 15) is 4.79 Å². The van der Waals surface area contributed by atoms with Gasteiger partial charge in [-0.25, -0.2) is 4.98 Å². The van der Waals surface area contributed by atoms with Crippen LogP contribution in [0.5, 0.6) is 0 Å². The van der Waals surface area contributed by atoms with Crippen molar-refractivity contribution in [1.82, 2.24) is 9.88 Å². The van der Waals surface area contributed by atoms with Gasteiger partial charge in [0.1, 0.15) is 5.82 Å². The highest BCUT2D eigenvalue weighted by molar-refractivity contribution is 5.94. The van der Waals surface area contributed by atoms with Crippen LogP contribution in [0.15, 0.2) is 18.3 Å². The van der Waals surface area contributed by atoms with Gasteiger partial charge in [0.2, 0.25) is 0 Å². The first kappa shape index (κ1) is 12.5. The third kappa shape index (κ3) is 2.44. The lowest BCUT2D eigenvalue weighted by atomic mass is 10.1. The van der Waals surface area contributed by atoms with Gasteiger partial charge in [0, 0.05) is 25.3 Å². The maximum Gasteiger partial charge on any atom is 0.255 e. The van der Waals surface area contributed by atoms with Crippen LogP contribution in [0, 0.1) is 5.92 Å². The van der Waals surface area contributed by atoms with E-state index in [4.69, 9.17) is 0 Å². The van der Waals surface area contributed by atoms with Gasteiger partial charge in [-0.3, -0.25) is 4.79 Å². The number of amides is 1. The zero-order valence-electron chi connectivity index (χ0n) is 11.4. The number of carbonyl (C=O) groups is 1. The third-order valence-corrected chi connectivity index (χ3v) is 4.24. The third-order valence-electron chi connectivity index (χ3n) is 4.24. The molecule has 2 bridgehead atoms. The number of fused-ring (bicyclic) bond motifs is 2. The quantitative estimate of drug-likeness (QED) is 0.903. The topological polar surface area (TPSA) is 45.2 Å². The zero-order valence-corrected chi connectivity index (χ0v) is 11.4. The minimum Gasteiger partial charge on any atom is -0.370 e. The van der Waals surface area contributed by atoms with Crippen molar-refractivity contribution < 1.29 is 4.79 Å². The highest BCUT2D eigenvalue weighted by Crippen LogP contribution is 2.37. The normalized spacial score (nSPS) is 24.8. The molecule has 19 heavy (non-hydrogen) atoms. The van der Waals surface area contributed by atoms with Crippen LogP contribution >= 0.6 is 0 Å². The summed E-state index contributed by atoms with van der Waals surface area (Å²) in [5.74, 6) is 1.75. The summed E-state index contributed by atoms with van der Waals surface area (Å²) in [7, 11) is 0. The van der Waals surface area contributed by atoms with Gasteiger partial charge in [-0.05, 0) is 43.7 Å². The lowest BCUT2D eigenvalue weighted by Gasteiger charge is -2.26. The van der Waals surface area contributed by atoms with Crippen molar-refractivity contribution in [3.8, 4) is 0 Å². The maximum absolute atomic E-state index is 12.4. The Morgan fingerprint density at radius 3 is 2.95 bits per heavy atom. The second-order valence-corrected chi connectivity index (χ2v) is 5.65.